The SMILES string of the molecule is COc1cc(C(=O)Nc2nnc(-c3ccccc3Cl)s2)ccc1OCc1c(C)noc1C. The van der Waals surface area contributed by atoms with Gasteiger partial charge in [-0.25, -0.2) is 0 Å². The number of ether oxygens (including phenoxy) is 2. The molecule has 0 spiro atoms. The maximum Gasteiger partial charge on any atom is 0.257 e. The molecular weight excluding hydrogens is 452 g/mol. The number of aromatic nitrogens is 3. The average Bonchev–Trinajstić information content (AvgIpc) is 3.38. The standard InChI is InChI=1S/C22H19ClN4O4S/c1-12-16(13(2)31-27-12)11-30-18-9-8-14(10-19(18)29-3)20(28)24-22-26-25-21(32-22)15-6-4-5-7-17(15)23/h4-10H,11H2,1-3H3,(H,24,26,28). The molecule has 0 aliphatic heterocycles. The van der Waals surface area contributed by atoms with E-state index in [4.69, 9.17) is 25.6 Å². The lowest BCUT2D eigenvalue weighted by Crippen LogP contribution is -2.12. The van der Waals surface area contributed by atoms with Gasteiger partial charge in [0.25, 0.3) is 5.91 Å². The number of hydrogen-bond donors (Lipinski definition) is 1. The number of hydrogen-bond acceptors (Lipinski definition) is 8. The molecule has 0 saturated carbocycles. The fourth-order valence-electron chi connectivity index (χ4n) is 2.97. The average molecular weight is 471 g/mol. The van der Waals surface area contributed by atoms with Gasteiger partial charge in [0.1, 0.15) is 12.4 Å². The van der Waals surface area contributed by atoms with Crippen LogP contribution in [0.5, 0.6) is 11.5 Å². The van der Waals surface area contributed by atoms with Gasteiger partial charge in [-0.3, -0.25) is 10.1 Å². The topological polar surface area (TPSA) is 99.4 Å². The Bertz CT molecular complexity index is 1250. The molecule has 1 N–H and O–H groups in total. The highest BCUT2D eigenvalue weighted by atomic mass is 35.5. The van der Waals surface area contributed by atoms with Crippen LogP contribution in [0.3, 0.4) is 0 Å². The molecule has 164 valence electrons. The van der Waals surface area contributed by atoms with E-state index in [2.05, 4.69) is 20.7 Å². The summed E-state index contributed by atoms with van der Waals surface area (Å²) in [5, 5.41) is 16.4. The summed E-state index contributed by atoms with van der Waals surface area (Å²) in [6.45, 7) is 3.96. The number of carbonyl (C=O) groups is 1. The summed E-state index contributed by atoms with van der Waals surface area (Å²) in [6, 6.07) is 12.3. The first-order valence-corrected chi connectivity index (χ1v) is 10.8. The molecule has 0 fully saturated rings. The van der Waals surface area contributed by atoms with Crippen molar-refractivity contribution in [3.63, 3.8) is 0 Å². The van der Waals surface area contributed by atoms with Crippen LogP contribution < -0.4 is 14.8 Å². The van der Waals surface area contributed by atoms with E-state index < -0.39 is 0 Å². The summed E-state index contributed by atoms with van der Waals surface area (Å²) < 4.78 is 16.4. The molecule has 0 atom stereocenters. The minimum atomic E-state index is -0.345. The Labute approximate surface area is 193 Å². The smallest absolute Gasteiger partial charge is 0.257 e. The fourth-order valence-corrected chi connectivity index (χ4v) is 4.03. The van der Waals surface area contributed by atoms with Gasteiger partial charge >= 0.3 is 0 Å². The molecule has 2 heterocycles. The molecular formula is C22H19ClN4O4S. The number of nitrogens with one attached hydrogen (secondary N) is 1. The highest BCUT2D eigenvalue weighted by Crippen LogP contribution is 2.33. The number of carbonyl (C=O) groups excluding carboxylic acids is 1. The Hall–Kier alpha value is -3.43. The predicted molar refractivity (Wildman–Crippen MR) is 122 cm³/mol. The third-order valence-electron chi connectivity index (χ3n) is 4.73. The number of anilines is 1. The second kappa shape index (κ2) is 9.37. The highest BCUT2D eigenvalue weighted by Gasteiger charge is 2.16. The van der Waals surface area contributed by atoms with Crippen molar-refractivity contribution in [3.05, 3.63) is 70.1 Å². The molecule has 0 bridgehead atoms. The first-order chi connectivity index (χ1) is 15.5. The summed E-state index contributed by atoms with van der Waals surface area (Å²) in [5.41, 5.74) is 2.79. The molecule has 0 radical (unpaired) electrons. The Kier molecular flexibility index (Phi) is 6.38. The Morgan fingerprint density at radius 1 is 1.16 bits per heavy atom. The minimum absolute atomic E-state index is 0.276. The van der Waals surface area contributed by atoms with Gasteiger partial charge in [0.15, 0.2) is 16.5 Å². The largest absolute Gasteiger partial charge is 0.493 e. The zero-order chi connectivity index (χ0) is 22.7. The number of amides is 1. The van der Waals surface area contributed by atoms with E-state index in [9.17, 15) is 4.79 Å². The third kappa shape index (κ3) is 4.58. The van der Waals surface area contributed by atoms with Gasteiger partial charge in [-0.1, -0.05) is 46.3 Å². The van der Waals surface area contributed by atoms with Gasteiger partial charge in [-0.15, -0.1) is 10.2 Å². The van der Waals surface area contributed by atoms with Crippen LogP contribution in [0.2, 0.25) is 5.02 Å². The zero-order valence-electron chi connectivity index (χ0n) is 17.5. The summed E-state index contributed by atoms with van der Waals surface area (Å²) in [7, 11) is 1.51. The third-order valence-corrected chi connectivity index (χ3v) is 5.93. The fraction of sp³-hybridized carbons (Fsp3) is 0.182. The quantitative estimate of drug-likeness (QED) is 0.391. The van der Waals surface area contributed by atoms with E-state index in [-0.39, 0.29) is 12.5 Å². The van der Waals surface area contributed by atoms with Crippen LogP contribution in [-0.4, -0.2) is 28.4 Å². The normalized spacial score (nSPS) is 10.8. The van der Waals surface area contributed by atoms with Crippen molar-refractivity contribution in [2.45, 2.75) is 20.5 Å². The van der Waals surface area contributed by atoms with Gasteiger partial charge in [-0.05, 0) is 38.1 Å². The lowest BCUT2D eigenvalue weighted by molar-refractivity contribution is 0.102. The summed E-state index contributed by atoms with van der Waals surface area (Å²) in [5.74, 6) is 1.28. The van der Waals surface area contributed by atoms with Gasteiger partial charge in [0.2, 0.25) is 5.13 Å². The van der Waals surface area contributed by atoms with Crippen LogP contribution in [0.4, 0.5) is 5.13 Å². The summed E-state index contributed by atoms with van der Waals surface area (Å²) >= 11 is 7.45. The van der Waals surface area contributed by atoms with Crippen molar-refractivity contribution >= 4 is 34.0 Å². The molecule has 0 aliphatic rings. The van der Waals surface area contributed by atoms with E-state index in [0.29, 0.717) is 38.0 Å². The van der Waals surface area contributed by atoms with Crippen molar-refractivity contribution in [2.75, 3.05) is 12.4 Å². The van der Waals surface area contributed by atoms with Crippen LogP contribution in [-0.2, 0) is 6.61 Å². The molecule has 2 aromatic heterocycles. The van der Waals surface area contributed by atoms with Crippen molar-refractivity contribution in [2.24, 2.45) is 0 Å². The Morgan fingerprint density at radius 3 is 2.69 bits per heavy atom. The molecule has 1 amide bonds. The van der Waals surface area contributed by atoms with Crippen molar-refractivity contribution in [1.82, 2.24) is 15.4 Å². The molecule has 0 saturated heterocycles. The van der Waals surface area contributed by atoms with E-state index in [1.54, 1.807) is 24.3 Å². The maximum atomic E-state index is 12.7. The second-order valence-electron chi connectivity index (χ2n) is 6.80. The van der Waals surface area contributed by atoms with Crippen LogP contribution in [0.25, 0.3) is 10.6 Å². The van der Waals surface area contributed by atoms with E-state index in [1.165, 1.54) is 18.4 Å². The van der Waals surface area contributed by atoms with Crippen molar-refractivity contribution < 1.29 is 18.8 Å². The second-order valence-corrected chi connectivity index (χ2v) is 8.19. The van der Waals surface area contributed by atoms with E-state index in [0.717, 1.165) is 16.8 Å². The monoisotopic (exact) mass is 470 g/mol. The molecule has 10 heteroatoms. The molecule has 0 unspecified atom stereocenters. The minimum Gasteiger partial charge on any atom is -0.493 e. The highest BCUT2D eigenvalue weighted by molar-refractivity contribution is 7.18. The maximum absolute atomic E-state index is 12.7. The van der Waals surface area contributed by atoms with Crippen molar-refractivity contribution in [3.8, 4) is 22.1 Å². The molecule has 4 aromatic rings. The Balaban J connectivity index is 1.47. The van der Waals surface area contributed by atoms with E-state index >= 15 is 0 Å². The van der Waals surface area contributed by atoms with Crippen LogP contribution >= 0.6 is 22.9 Å². The number of nitrogens with zero attached hydrogens (tertiary/aromatic N) is 3. The number of aryl methyl sites for hydroxylation is 2. The van der Waals surface area contributed by atoms with Gasteiger partial charge in [-0.2, -0.15) is 0 Å². The predicted octanol–water partition coefficient (Wildman–Crippen LogP) is 5.30. The number of benzene rings is 2. The molecule has 0 aliphatic carbocycles. The Morgan fingerprint density at radius 2 is 1.97 bits per heavy atom. The van der Waals surface area contributed by atoms with Gasteiger partial charge < -0.3 is 14.0 Å². The first-order valence-electron chi connectivity index (χ1n) is 9.58. The van der Waals surface area contributed by atoms with Crippen LogP contribution in [0, 0.1) is 13.8 Å². The van der Waals surface area contributed by atoms with Gasteiger partial charge in [0.05, 0.1) is 23.4 Å². The van der Waals surface area contributed by atoms with Crippen LogP contribution in [0.1, 0.15) is 27.4 Å². The first kappa shape index (κ1) is 21.8. The summed E-state index contributed by atoms with van der Waals surface area (Å²) in [6.07, 6.45) is 0. The van der Waals surface area contributed by atoms with Crippen LogP contribution in [0.15, 0.2) is 47.0 Å². The molecule has 4 rings (SSSR count). The van der Waals surface area contributed by atoms with Crippen molar-refractivity contribution in [1.29, 1.82) is 0 Å². The lowest BCUT2D eigenvalue weighted by Gasteiger charge is -2.12. The molecule has 32 heavy (non-hydrogen) atoms. The zero-order valence-corrected chi connectivity index (χ0v) is 19.1. The number of halogens is 1. The van der Waals surface area contributed by atoms with E-state index in [1.807, 2.05) is 32.0 Å². The summed E-state index contributed by atoms with van der Waals surface area (Å²) in [4.78, 5) is 12.7. The lowest BCUT2D eigenvalue weighted by atomic mass is 10.2. The molecule has 8 nitrogen and oxygen atoms in total. The number of rotatable bonds is 7. The number of methoxy groups -OCH3 is 1. The molecule has 2 aromatic carbocycles. The van der Waals surface area contributed by atoms with Gasteiger partial charge in [0, 0.05) is 11.1 Å².